The summed E-state index contributed by atoms with van der Waals surface area (Å²) in [5.74, 6) is -0.248. The molecule has 1 heterocycles. The van der Waals surface area contributed by atoms with Gasteiger partial charge in [-0.3, -0.25) is 4.79 Å². The zero-order valence-corrected chi connectivity index (χ0v) is 12.9. The van der Waals surface area contributed by atoms with Gasteiger partial charge in [-0.2, -0.15) is 0 Å². The summed E-state index contributed by atoms with van der Waals surface area (Å²) in [5, 5.41) is 2.71. The lowest BCUT2D eigenvalue weighted by Crippen LogP contribution is -2.34. The van der Waals surface area contributed by atoms with E-state index in [4.69, 9.17) is 4.74 Å². The van der Waals surface area contributed by atoms with Gasteiger partial charge in [-0.1, -0.05) is 38.1 Å². The third-order valence-corrected chi connectivity index (χ3v) is 3.88. The second kappa shape index (κ2) is 6.12. The van der Waals surface area contributed by atoms with Gasteiger partial charge in [0, 0.05) is 18.0 Å². The molecule has 0 saturated heterocycles. The van der Waals surface area contributed by atoms with E-state index in [0.717, 1.165) is 5.56 Å². The molecule has 4 nitrogen and oxygen atoms in total. The minimum Gasteiger partial charge on any atom is -0.466 e. The van der Waals surface area contributed by atoms with Crippen LogP contribution in [-0.4, -0.2) is 19.0 Å². The summed E-state index contributed by atoms with van der Waals surface area (Å²) in [5.41, 5.74) is 3.32. The Hall–Kier alpha value is -2.10. The summed E-state index contributed by atoms with van der Waals surface area (Å²) in [6.45, 7) is 6.00. The van der Waals surface area contributed by atoms with Crippen LogP contribution in [-0.2, 0) is 14.3 Å². The first kappa shape index (κ1) is 15.3. The number of carbonyl (C=O) groups is 2. The van der Waals surface area contributed by atoms with Gasteiger partial charge in [0.1, 0.15) is 0 Å². The maximum atomic E-state index is 12.0. The molecule has 0 fully saturated rings. The van der Waals surface area contributed by atoms with Crippen LogP contribution in [0.2, 0.25) is 0 Å². The summed E-state index contributed by atoms with van der Waals surface area (Å²) in [4.78, 5) is 23.8. The highest BCUT2D eigenvalue weighted by atomic mass is 16.5. The van der Waals surface area contributed by atoms with Crippen molar-refractivity contribution in [3.8, 4) is 0 Å². The fourth-order valence-electron chi connectivity index (χ4n) is 2.68. The van der Waals surface area contributed by atoms with Crippen LogP contribution in [0.3, 0.4) is 0 Å². The number of hydrogen-bond acceptors (Lipinski definition) is 3. The highest BCUT2D eigenvalue weighted by Gasteiger charge is 2.32. The average Bonchev–Trinajstić information content (AvgIpc) is 2.45. The molecule has 0 bridgehead atoms. The standard InChI is InChI=1S/C17H21NO3/c1-10(2)12-5-7-13(8-6-12)14-9-15(19)18-11(3)16(14)17(20)21-4/h5-8,10,14H,9H2,1-4H3,(H,18,19). The van der Waals surface area contributed by atoms with Crippen LogP contribution >= 0.6 is 0 Å². The molecule has 1 amide bonds. The zero-order valence-electron chi connectivity index (χ0n) is 12.9. The molecule has 2 rings (SSSR count). The summed E-state index contributed by atoms with van der Waals surface area (Å²) in [7, 11) is 1.36. The summed E-state index contributed by atoms with van der Waals surface area (Å²) in [6.07, 6.45) is 0.267. The SMILES string of the molecule is COC(=O)C1=C(C)NC(=O)CC1c1ccc(C(C)C)cc1. The Morgan fingerprint density at radius 1 is 1.29 bits per heavy atom. The minimum atomic E-state index is -0.384. The van der Waals surface area contributed by atoms with Crippen molar-refractivity contribution in [2.24, 2.45) is 0 Å². The Labute approximate surface area is 125 Å². The molecular weight excluding hydrogens is 266 g/mol. The molecule has 1 aromatic carbocycles. The molecule has 1 atom stereocenters. The van der Waals surface area contributed by atoms with Crippen LogP contribution in [0.15, 0.2) is 35.5 Å². The molecule has 0 radical (unpaired) electrons. The van der Waals surface area contributed by atoms with Gasteiger partial charge < -0.3 is 10.1 Å². The Morgan fingerprint density at radius 2 is 1.90 bits per heavy atom. The smallest absolute Gasteiger partial charge is 0.336 e. The van der Waals surface area contributed by atoms with Crippen molar-refractivity contribution < 1.29 is 14.3 Å². The van der Waals surface area contributed by atoms with E-state index >= 15 is 0 Å². The van der Waals surface area contributed by atoms with Gasteiger partial charge in [-0.05, 0) is 24.0 Å². The Kier molecular flexibility index (Phi) is 4.46. The molecule has 1 aromatic rings. The van der Waals surface area contributed by atoms with Crippen LogP contribution in [0.25, 0.3) is 0 Å². The molecule has 4 heteroatoms. The van der Waals surface area contributed by atoms with Gasteiger partial charge in [-0.25, -0.2) is 4.79 Å². The number of esters is 1. The summed E-state index contributed by atoms with van der Waals surface area (Å²) < 4.78 is 4.86. The predicted octanol–water partition coefficient (Wildman–Crippen LogP) is 2.86. The molecular formula is C17H21NO3. The lowest BCUT2D eigenvalue weighted by molar-refractivity contribution is -0.136. The van der Waals surface area contributed by atoms with Crippen LogP contribution in [0.4, 0.5) is 0 Å². The number of benzene rings is 1. The Bertz CT molecular complexity index is 585. The fourth-order valence-corrected chi connectivity index (χ4v) is 2.68. The zero-order chi connectivity index (χ0) is 15.6. The van der Waals surface area contributed by atoms with Gasteiger partial charge in [0.15, 0.2) is 0 Å². The monoisotopic (exact) mass is 287 g/mol. The minimum absolute atomic E-state index is 0.0712. The predicted molar refractivity (Wildman–Crippen MR) is 80.7 cm³/mol. The van der Waals surface area contributed by atoms with E-state index in [2.05, 4.69) is 31.3 Å². The van der Waals surface area contributed by atoms with E-state index in [9.17, 15) is 9.59 Å². The average molecular weight is 287 g/mol. The number of hydrogen-bond donors (Lipinski definition) is 1. The normalized spacial score (nSPS) is 18.7. The van der Waals surface area contributed by atoms with E-state index in [1.54, 1.807) is 6.92 Å². The molecule has 21 heavy (non-hydrogen) atoms. The molecule has 1 unspecified atom stereocenters. The number of rotatable bonds is 3. The van der Waals surface area contributed by atoms with Crippen LogP contribution in [0, 0.1) is 0 Å². The van der Waals surface area contributed by atoms with Crippen molar-refractivity contribution in [2.45, 2.75) is 39.0 Å². The van der Waals surface area contributed by atoms with E-state index in [1.165, 1.54) is 12.7 Å². The second-order valence-electron chi connectivity index (χ2n) is 5.66. The molecule has 1 aliphatic heterocycles. The molecule has 0 aliphatic carbocycles. The maximum absolute atomic E-state index is 12.0. The molecule has 0 saturated carbocycles. The molecule has 112 valence electrons. The number of allylic oxidation sites excluding steroid dienone is 1. The topological polar surface area (TPSA) is 55.4 Å². The third kappa shape index (κ3) is 3.15. The highest BCUT2D eigenvalue weighted by molar-refractivity contribution is 5.95. The first-order valence-electron chi connectivity index (χ1n) is 7.12. The lowest BCUT2D eigenvalue weighted by Gasteiger charge is -2.26. The fraction of sp³-hybridized carbons (Fsp3) is 0.412. The van der Waals surface area contributed by atoms with Crippen molar-refractivity contribution in [2.75, 3.05) is 7.11 Å². The molecule has 1 aliphatic rings. The number of nitrogens with one attached hydrogen (secondary N) is 1. The first-order valence-corrected chi connectivity index (χ1v) is 7.12. The van der Waals surface area contributed by atoms with Gasteiger partial charge in [0.2, 0.25) is 5.91 Å². The van der Waals surface area contributed by atoms with Crippen molar-refractivity contribution in [1.29, 1.82) is 0 Å². The van der Waals surface area contributed by atoms with Crippen LogP contribution in [0.5, 0.6) is 0 Å². The lowest BCUT2D eigenvalue weighted by atomic mass is 9.84. The van der Waals surface area contributed by atoms with E-state index < -0.39 is 0 Å². The number of methoxy groups -OCH3 is 1. The van der Waals surface area contributed by atoms with Gasteiger partial charge in [-0.15, -0.1) is 0 Å². The Morgan fingerprint density at radius 3 is 2.43 bits per heavy atom. The van der Waals surface area contributed by atoms with Gasteiger partial charge in [0.05, 0.1) is 12.7 Å². The second-order valence-corrected chi connectivity index (χ2v) is 5.66. The van der Waals surface area contributed by atoms with Gasteiger partial charge >= 0.3 is 5.97 Å². The molecule has 1 N–H and O–H groups in total. The van der Waals surface area contributed by atoms with Crippen molar-refractivity contribution in [3.63, 3.8) is 0 Å². The number of amides is 1. The number of carbonyl (C=O) groups excluding carboxylic acids is 2. The summed E-state index contributed by atoms with van der Waals surface area (Å²) >= 11 is 0. The summed E-state index contributed by atoms with van der Waals surface area (Å²) in [6, 6.07) is 8.09. The van der Waals surface area contributed by atoms with Crippen molar-refractivity contribution >= 4 is 11.9 Å². The van der Waals surface area contributed by atoms with E-state index in [-0.39, 0.29) is 24.2 Å². The highest BCUT2D eigenvalue weighted by Crippen LogP contribution is 2.33. The van der Waals surface area contributed by atoms with E-state index in [1.807, 2.05) is 12.1 Å². The van der Waals surface area contributed by atoms with Crippen molar-refractivity contribution in [1.82, 2.24) is 5.32 Å². The van der Waals surface area contributed by atoms with Crippen molar-refractivity contribution in [3.05, 3.63) is 46.7 Å². The molecule has 0 aromatic heterocycles. The number of ether oxygens (including phenoxy) is 1. The quantitative estimate of drug-likeness (QED) is 0.870. The Balaban J connectivity index is 2.41. The van der Waals surface area contributed by atoms with Crippen LogP contribution < -0.4 is 5.32 Å². The largest absolute Gasteiger partial charge is 0.466 e. The molecule has 0 spiro atoms. The van der Waals surface area contributed by atoms with Gasteiger partial charge in [0.25, 0.3) is 0 Å². The van der Waals surface area contributed by atoms with E-state index in [0.29, 0.717) is 17.2 Å². The maximum Gasteiger partial charge on any atom is 0.336 e. The first-order chi connectivity index (χ1) is 9.93. The third-order valence-electron chi connectivity index (χ3n) is 3.88. The van der Waals surface area contributed by atoms with Crippen LogP contribution in [0.1, 0.15) is 50.2 Å².